The van der Waals surface area contributed by atoms with Crippen LogP contribution in [0, 0.1) is 5.82 Å². The van der Waals surface area contributed by atoms with Crippen LogP contribution in [0.3, 0.4) is 0 Å². The van der Waals surface area contributed by atoms with Gasteiger partial charge in [-0.25, -0.2) is 9.07 Å². The molecule has 3 heterocycles. The average molecular weight is 340 g/mol. The van der Waals surface area contributed by atoms with E-state index in [9.17, 15) is 9.18 Å². The van der Waals surface area contributed by atoms with Crippen LogP contribution in [0.25, 0.3) is 0 Å². The molecule has 2 aromatic heterocycles. The summed E-state index contributed by atoms with van der Waals surface area (Å²) in [5, 5.41) is 12.7. The molecule has 25 heavy (non-hydrogen) atoms. The molecule has 1 amide bonds. The molecule has 1 aromatic carbocycles. The van der Waals surface area contributed by atoms with Crippen molar-refractivity contribution in [2.24, 2.45) is 0 Å². The number of carbonyl (C=O) groups is 1. The third-order valence-electron chi connectivity index (χ3n) is 4.31. The van der Waals surface area contributed by atoms with Gasteiger partial charge in [-0.2, -0.15) is 5.10 Å². The Labute approximate surface area is 143 Å². The monoisotopic (exact) mass is 340 g/mol. The number of rotatable bonds is 3. The molecule has 0 unspecified atom stereocenters. The summed E-state index contributed by atoms with van der Waals surface area (Å²) < 4.78 is 16.7. The molecule has 8 heteroatoms. The zero-order valence-electron chi connectivity index (χ0n) is 13.5. The largest absolute Gasteiger partial charge is 0.333 e. The van der Waals surface area contributed by atoms with Gasteiger partial charge in [0.1, 0.15) is 11.5 Å². The van der Waals surface area contributed by atoms with Crippen LogP contribution >= 0.6 is 0 Å². The predicted molar refractivity (Wildman–Crippen MR) is 87.1 cm³/mol. The number of carbonyl (C=O) groups excluding carboxylic acids is 1. The van der Waals surface area contributed by atoms with E-state index in [0.717, 1.165) is 17.8 Å². The van der Waals surface area contributed by atoms with Gasteiger partial charge in [-0.1, -0.05) is 5.21 Å². The Balaban J connectivity index is 1.58. The highest BCUT2D eigenvalue weighted by atomic mass is 19.1. The molecule has 1 aliphatic heterocycles. The van der Waals surface area contributed by atoms with Gasteiger partial charge in [0.15, 0.2) is 0 Å². The van der Waals surface area contributed by atoms with Crippen molar-refractivity contribution in [2.45, 2.75) is 26.1 Å². The zero-order valence-corrected chi connectivity index (χ0v) is 13.5. The SMILES string of the molecule is O=C(c1ccc(F)cc1)N1CCCn2nnc(Cn3cccn3)c2C1. The second-order valence-corrected chi connectivity index (χ2v) is 6.00. The molecule has 3 aromatic rings. The standard InChI is InChI=1S/C17H17FN6O/c18-14-5-3-13(4-6-14)17(25)22-8-2-10-24-16(12-22)15(20-21-24)11-23-9-1-7-19-23/h1,3-7,9H,2,8,10-12H2. The Morgan fingerprint density at radius 3 is 2.80 bits per heavy atom. The molecule has 0 radical (unpaired) electrons. The Morgan fingerprint density at radius 1 is 1.20 bits per heavy atom. The molecule has 0 spiro atoms. The van der Waals surface area contributed by atoms with Crippen LogP contribution < -0.4 is 0 Å². The number of aromatic nitrogens is 5. The summed E-state index contributed by atoms with van der Waals surface area (Å²) in [6, 6.07) is 7.50. The quantitative estimate of drug-likeness (QED) is 0.728. The van der Waals surface area contributed by atoms with Gasteiger partial charge >= 0.3 is 0 Å². The molecule has 0 atom stereocenters. The summed E-state index contributed by atoms with van der Waals surface area (Å²) in [6.45, 7) is 2.29. The molecular formula is C17H17FN6O. The van der Waals surface area contributed by atoms with E-state index in [1.165, 1.54) is 24.3 Å². The number of hydrogen-bond acceptors (Lipinski definition) is 4. The minimum absolute atomic E-state index is 0.111. The fourth-order valence-corrected chi connectivity index (χ4v) is 3.01. The number of hydrogen-bond donors (Lipinski definition) is 0. The zero-order chi connectivity index (χ0) is 17.2. The summed E-state index contributed by atoms with van der Waals surface area (Å²) in [5.74, 6) is -0.462. The lowest BCUT2D eigenvalue weighted by Gasteiger charge is -2.20. The van der Waals surface area contributed by atoms with Crippen LogP contribution in [0.15, 0.2) is 42.7 Å². The second-order valence-electron chi connectivity index (χ2n) is 6.00. The second kappa shape index (κ2) is 6.46. The highest BCUT2D eigenvalue weighted by Gasteiger charge is 2.24. The first kappa shape index (κ1) is 15.5. The molecule has 4 rings (SSSR count). The van der Waals surface area contributed by atoms with Crippen molar-refractivity contribution in [2.75, 3.05) is 6.54 Å². The fraction of sp³-hybridized carbons (Fsp3) is 0.294. The van der Waals surface area contributed by atoms with Gasteiger partial charge in [0, 0.05) is 31.0 Å². The summed E-state index contributed by atoms with van der Waals surface area (Å²) in [7, 11) is 0. The Hall–Kier alpha value is -3.03. The van der Waals surface area contributed by atoms with E-state index in [1.807, 2.05) is 16.9 Å². The van der Waals surface area contributed by atoms with E-state index in [-0.39, 0.29) is 11.7 Å². The van der Waals surface area contributed by atoms with Crippen molar-refractivity contribution in [1.82, 2.24) is 29.7 Å². The molecule has 1 aliphatic rings. The van der Waals surface area contributed by atoms with Crippen molar-refractivity contribution < 1.29 is 9.18 Å². The van der Waals surface area contributed by atoms with E-state index in [0.29, 0.717) is 31.7 Å². The average Bonchev–Trinajstić information content (AvgIpc) is 3.20. The van der Waals surface area contributed by atoms with Gasteiger partial charge in [-0.05, 0) is 36.8 Å². The van der Waals surface area contributed by atoms with Gasteiger partial charge in [0.25, 0.3) is 5.91 Å². The maximum absolute atomic E-state index is 13.1. The van der Waals surface area contributed by atoms with E-state index in [1.54, 1.807) is 15.8 Å². The smallest absolute Gasteiger partial charge is 0.254 e. The molecule has 0 fully saturated rings. The Kier molecular flexibility index (Phi) is 4.01. The number of amides is 1. The number of fused-ring (bicyclic) bond motifs is 1. The van der Waals surface area contributed by atoms with E-state index in [2.05, 4.69) is 15.4 Å². The topological polar surface area (TPSA) is 68.8 Å². The minimum Gasteiger partial charge on any atom is -0.333 e. The third-order valence-corrected chi connectivity index (χ3v) is 4.31. The van der Waals surface area contributed by atoms with E-state index in [4.69, 9.17) is 0 Å². The van der Waals surface area contributed by atoms with Gasteiger partial charge in [-0.3, -0.25) is 9.48 Å². The predicted octanol–water partition coefficient (Wildman–Crippen LogP) is 1.71. The normalized spacial score (nSPS) is 14.2. The first-order valence-electron chi connectivity index (χ1n) is 8.14. The number of aryl methyl sites for hydroxylation is 1. The molecule has 0 saturated carbocycles. The van der Waals surface area contributed by atoms with E-state index >= 15 is 0 Å². The van der Waals surface area contributed by atoms with E-state index < -0.39 is 0 Å². The van der Waals surface area contributed by atoms with Crippen LogP contribution in [-0.4, -0.2) is 42.1 Å². The van der Waals surface area contributed by atoms with Crippen LogP contribution in [0.5, 0.6) is 0 Å². The van der Waals surface area contributed by atoms with Crippen molar-refractivity contribution in [3.8, 4) is 0 Å². The maximum Gasteiger partial charge on any atom is 0.254 e. The first-order chi connectivity index (χ1) is 12.2. The minimum atomic E-state index is -0.351. The summed E-state index contributed by atoms with van der Waals surface area (Å²) in [5.41, 5.74) is 2.21. The summed E-state index contributed by atoms with van der Waals surface area (Å²) >= 11 is 0. The maximum atomic E-state index is 13.1. The lowest BCUT2D eigenvalue weighted by molar-refractivity contribution is 0.0745. The summed E-state index contributed by atoms with van der Waals surface area (Å²) in [6.07, 6.45) is 4.38. The molecule has 128 valence electrons. The fourth-order valence-electron chi connectivity index (χ4n) is 3.01. The van der Waals surface area contributed by atoms with Crippen LogP contribution in [0.4, 0.5) is 4.39 Å². The lowest BCUT2D eigenvalue weighted by atomic mass is 10.2. The highest BCUT2D eigenvalue weighted by molar-refractivity contribution is 5.94. The van der Waals surface area contributed by atoms with Crippen molar-refractivity contribution in [3.63, 3.8) is 0 Å². The van der Waals surface area contributed by atoms with Crippen LogP contribution in [-0.2, 0) is 19.6 Å². The molecule has 0 N–H and O–H groups in total. The number of nitrogens with zero attached hydrogens (tertiary/aromatic N) is 6. The van der Waals surface area contributed by atoms with Crippen LogP contribution in [0.1, 0.15) is 28.2 Å². The van der Waals surface area contributed by atoms with Crippen molar-refractivity contribution in [1.29, 1.82) is 0 Å². The van der Waals surface area contributed by atoms with Gasteiger partial charge in [0.2, 0.25) is 0 Å². The number of halogens is 1. The van der Waals surface area contributed by atoms with Crippen molar-refractivity contribution in [3.05, 3.63) is 65.5 Å². The third kappa shape index (κ3) is 3.15. The summed E-state index contributed by atoms with van der Waals surface area (Å²) in [4.78, 5) is 14.5. The van der Waals surface area contributed by atoms with Crippen molar-refractivity contribution >= 4 is 5.91 Å². The number of benzene rings is 1. The molecule has 7 nitrogen and oxygen atoms in total. The van der Waals surface area contributed by atoms with Gasteiger partial charge in [-0.15, -0.1) is 5.10 Å². The Bertz CT molecular complexity index is 871. The first-order valence-corrected chi connectivity index (χ1v) is 8.14. The molecule has 0 bridgehead atoms. The lowest BCUT2D eigenvalue weighted by Crippen LogP contribution is -2.31. The van der Waals surface area contributed by atoms with Gasteiger partial charge in [0.05, 0.1) is 18.8 Å². The molecule has 0 saturated heterocycles. The van der Waals surface area contributed by atoms with Gasteiger partial charge < -0.3 is 4.90 Å². The Morgan fingerprint density at radius 2 is 2.04 bits per heavy atom. The highest BCUT2D eigenvalue weighted by Crippen LogP contribution is 2.18. The molecule has 0 aliphatic carbocycles. The van der Waals surface area contributed by atoms with Crippen LogP contribution in [0.2, 0.25) is 0 Å². The molecular weight excluding hydrogens is 323 g/mol.